The van der Waals surface area contributed by atoms with E-state index < -0.39 is 0 Å². The molecule has 2 aliphatic rings. The molecule has 3 heterocycles. The van der Waals surface area contributed by atoms with Crippen molar-refractivity contribution in [3.63, 3.8) is 0 Å². The molecule has 1 aromatic heterocycles. The van der Waals surface area contributed by atoms with Gasteiger partial charge in [0, 0.05) is 32.7 Å². The van der Waals surface area contributed by atoms with Gasteiger partial charge in [-0.3, -0.25) is 4.90 Å². The molecule has 6 nitrogen and oxygen atoms in total. The first kappa shape index (κ1) is 19.0. The van der Waals surface area contributed by atoms with Crippen LogP contribution in [0, 0.1) is 5.92 Å². The Morgan fingerprint density at radius 2 is 1.79 bits per heavy atom. The second-order valence-corrected chi connectivity index (χ2v) is 7.65. The normalized spacial score (nSPS) is 20.1. The molecule has 150 valence electrons. The minimum absolute atomic E-state index is 0.0184. The number of carbonyl (C=O) groups is 1. The number of furan rings is 1. The molecule has 1 N–H and O–H groups in total. The highest BCUT2D eigenvalue weighted by atomic mass is 16.5. The Labute approximate surface area is 166 Å². The highest BCUT2D eigenvalue weighted by molar-refractivity contribution is 5.75. The van der Waals surface area contributed by atoms with Gasteiger partial charge in [-0.05, 0) is 36.5 Å². The SMILES string of the molecule is O=C(N[C@H](c1ccccc1)c1ccco1)N1CCC(CN2CCOCC2)CC1. The van der Waals surface area contributed by atoms with Crippen molar-refractivity contribution in [1.29, 1.82) is 0 Å². The quantitative estimate of drug-likeness (QED) is 0.862. The zero-order valence-corrected chi connectivity index (χ0v) is 16.3. The number of likely N-dealkylation sites (tertiary alicyclic amines) is 1. The molecule has 4 rings (SSSR count). The number of morpholine rings is 1. The van der Waals surface area contributed by atoms with Crippen molar-refractivity contribution in [3.8, 4) is 0 Å². The lowest BCUT2D eigenvalue weighted by molar-refractivity contribution is 0.0258. The largest absolute Gasteiger partial charge is 0.467 e. The Morgan fingerprint density at radius 3 is 2.46 bits per heavy atom. The third-order valence-electron chi connectivity index (χ3n) is 5.75. The summed E-state index contributed by atoms with van der Waals surface area (Å²) >= 11 is 0. The Balaban J connectivity index is 1.33. The zero-order valence-electron chi connectivity index (χ0n) is 16.3. The molecule has 0 bridgehead atoms. The Hall–Kier alpha value is -2.31. The van der Waals surface area contributed by atoms with E-state index in [0.717, 1.165) is 70.1 Å². The lowest BCUT2D eigenvalue weighted by Crippen LogP contribution is -2.47. The van der Waals surface area contributed by atoms with Gasteiger partial charge >= 0.3 is 6.03 Å². The number of piperidine rings is 1. The molecular formula is C22H29N3O3. The summed E-state index contributed by atoms with van der Waals surface area (Å²) in [6.07, 6.45) is 3.76. The Kier molecular flexibility index (Phi) is 6.29. The number of nitrogens with one attached hydrogen (secondary N) is 1. The molecule has 6 heteroatoms. The monoisotopic (exact) mass is 383 g/mol. The number of urea groups is 1. The van der Waals surface area contributed by atoms with Gasteiger partial charge in [0.15, 0.2) is 0 Å². The molecule has 2 aliphatic heterocycles. The van der Waals surface area contributed by atoms with E-state index in [4.69, 9.17) is 9.15 Å². The van der Waals surface area contributed by atoms with Gasteiger partial charge in [0.2, 0.25) is 0 Å². The molecule has 1 aromatic carbocycles. The second kappa shape index (κ2) is 9.26. The summed E-state index contributed by atoms with van der Waals surface area (Å²) in [6, 6.07) is 13.4. The van der Waals surface area contributed by atoms with Gasteiger partial charge in [-0.2, -0.15) is 0 Å². The summed E-state index contributed by atoms with van der Waals surface area (Å²) in [6.45, 7) is 6.48. The molecule has 0 radical (unpaired) electrons. The highest BCUT2D eigenvalue weighted by Gasteiger charge is 2.27. The van der Waals surface area contributed by atoms with Crippen LogP contribution in [0.3, 0.4) is 0 Å². The summed E-state index contributed by atoms with van der Waals surface area (Å²) < 4.78 is 11.0. The van der Waals surface area contributed by atoms with Crippen LogP contribution in [0.4, 0.5) is 4.79 Å². The molecule has 0 spiro atoms. The van der Waals surface area contributed by atoms with Crippen LogP contribution >= 0.6 is 0 Å². The molecule has 0 unspecified atom stereocenters. The zero-order chi connectivity index (χ0) is 19.2. The van der Waals surface area contributed by atoms with Crippen molar-refractivity contribution >= 4 is 6.03 Å². The number of nitrogens with zero attached hydrogens (tertiary/aromatic N) is 2. The molecule has 28 heavy (non-hydrogen) atoms. The first-order valence-corrected chi connectivity index (χ1v) is 10.2. The van der Waals surface area contributed by atoms with Gasteiger partial charge in [-0.15, -0.1) is 0 Å². The molecule has 2 fully saturated rings. The summed E-state index contributed by atoms with van der Waals surface area (Å²) in [7, 11) is 0. The lowest BCUT2D eigenvalue weighted by Gasteiger charge is -2.36. The maximum atomic E-state index is 12.9. The molecule has 0 aliphatic carbocycles. The molecular weight excluding hydrogens is 354 g/mol. The first-order valence-electron chi connectivity index (χ1n) is 10.2. The van der Waals surface area contributed by atoms with Crippen LogP contribution in [0.5, 0.6) is 0 Å². The van der Waals surface area contributed by atoms with Crippen LogP contribution in [0.2, 0.25) is 0 Å². The van der Waals surface area contributed by atoms with Gasteiger partial charge in [-0.25, -0.2) is 4.79 Å². The molecule has 2 amide bonds. The van der Waals surface area contributed by atoms with E-state index in [1.165, 1.54) is 0 Å². The van der Waals surface area contributed by atoms with Gasteiger partial charge in [-0.1, -0.05) is 30.3 Å². The van der Waals surface area contributed by atoms with E-state index in [2.05, 4.69) is 10.2 Å². The van der Waals surface area contributed by atoms with Gasteiger partial charge in [0.05, 0.1) is 19.5 Å². The van der Waals surface area contributed by atoms with Gasteiger partial charge in [0.1, 0.15) is 11.8 Å². The maximum absolute atomic E-state index is 12.9. The fourth-order valence-corrected chi connectivity index (χ4v) is 4.10. The summed E-state index contributed by atoms with van der Waals surface area (Å²) in [5.74, 6) is 1.42. The van der Waals surface area contributed by atoms with Crippen molar-refractivity contribution in [2.24, 2.45) is 5.92 Å². The van der Waals surface area contributed by atoms with Crippen LogP contribution in [0.1, 0.15) is 30.2 Å². The minimum Gasteiger partial charge on any atom is -0.467 e. The second-order valence-electron chi connectivity index (χ2n) is 7.65. The number of carbonyl (C=O) groups excluding carboxylic acids is 1. The van der Waals surface area contributed by atoms with Crippen LogP contribution in [0.25, 0.3) is 0 Å². The average molecular weight is 383 g/mol. The fourth-order valence-electron chi connectivity index (χ4n) is 4.10. The Bertz CT molecular complexity index is 721. The third kappa shape index (κ3) is 4.75. The standard InChI is InChI=1S/C22H29N3O3/c26-22(23-21(20-7-4-14-28-20)19-5-2-1-3-6-19)25-10-8-18(9-11-25)17-24-12-15-27-16-13-24/h1-7,14,18,21H,8-13,15-17H2,(H,23,26)/t21-/m1/s1. The topological polar surface area (TPSA) is 58.0 Å². The van der Waals surface area contributed by atoms with E-state index in [1.807, 2.05) is 47.4 Å². The summed E-state index contributed by atoms with van der Waals surface area (Å²) in [5, 5.41) is 3.17. The number of hydrogen-bond donors (Lipinski definition) is 1. The van der Waals surface area contributed by atoms with E-state index in [0.29, 0.717) is 5.92 Å². The number of benzene rings is 1. The van der Waals surface area contributed by atoms with Crippen molar-refractivity contribution in [2.75, 3.05) is 45.9 Å². The number of hydrogen-bond acceptors (Lipinski definition) is 4. The molecule has 1 atom stereocenters. The van der Waals surface area contributed by atoms with E-state index in [1.54, 1.807) is 6.26 Å². The maximum Gasteiger partial charge on any atom is 0.318 e. The minimum atomic E-state index is -0.269. The van der Waals surface area contributed by atoms with Gasteiger partial charge < -0.3 is 19.4 Å². The predicted octanol–water partition coefficient (Wildman–Crippen LogP) is 3.12. The highest BCUT2D eigenvalue weighted by Crippen LogP contribution is 2.24. The molecule has 2 saturated heterocycles. The van der Waals surface area contributed by atoms with Crippen molar-refractivity contribution in [2.45, 2.75) is 18.9 Å². The van der Waals surface area contributed by atoms with E-state index in [9.17, 15) is 4.79 Å². The van der Waals surface area contributed by atoms with E-state index in [-0.39, 0.29) is 12.1 Å². The van der Waals surface area contributed by atoms with Crippen molar-refractivity contribution in [3.05, 3.63) is 60.1 Å². The summed E-state index contributed by atoms with van der Waals surface area (Å²) in [5.41, 5.74) is 1.02. The van der Waals surface area contributed by atoms with Crippen LogP contribution < -0.4 is 5.32 Å². The average Bonchev–Trinajstić information content (AvgIpc) is 3.28. The third-order valence-corrected chi connectivity index (χ3v) is 5.75. The number of ether oxygens (including phenoxy) is 1. The fraction of sp³-hybridized carbons (Fsp3) is 0.500. The van der Waals surface area contributed by atoms with Crippen molar-refractivity contribution in [1.82, 2.24) is 15.1 Å². The van der Waals surface area contributed by atoms with Gasteiger partial charge in [0.25, 0.3) is 0 Å². The van der Waals surface area contributed by atoms with Crippen LogP contribution in [-0.4, -0.2) is 61.8 Å². The molecule has 0 saturated carbocycles. The number of amides is 2. The lowest BCUT2D eigenvalue weighted by atomic mass is 9.96. The summed E-state index contributed by atoms with van der Waals surface area (Å²) in [4.78, 5) is 17.4. The Morgan fingerprint density at radius 1 is 1.04 bits per heavy atom. The van der Waals surface area contributed by atoms with Crippen LogP contribution in [0.15, 0.2) is 53.1 Å². The number of rotatable bonds is 5. The molecule has 2 aromatic rings. The first-order chi connectivity index (χ1) is 13.8. The van der Waals surface area contributed by atoms with Crippen molar-refractivity contribution < 1.29 is 13.9 Å². The van der Waals surface area contributed by atoms with E-state index >= 15 is 0 Å². The van der Waals surface area contributed by atoms with Crippen LogP contribution in [-0.2, 0) is 4.74 Å². The predicted molar refractivity (Wildman–Crippen MR) is 107 cm³/mol. The smallest absolute Gasteiger partial charge is 0.318 e.